The van der Waals surface area contributed by atoms with E-state index >= 15 is 0 Å². The molecule has 1 aliphatic rings. The van der Waals surface area contributed by atoms with Gasteiger partial charge in [0.25, 0.3) is 5.91 Å². The number of rotatable bonds is 3. The lowest BCUT2D eigenvalue weighted by Gasteiger charge is -2.27. The number of carbonyl (C=O) groups excluding carboxylic acids is 1. The molecule has 128 valence electrons. The second-order valence-electron chi connectivity index (χ2n) is 5.83. The number of H-pyrrole nitrogens is 1. The molecule has 0 aliphatic carbocycles. The number of pyridine rings is 1. The van der Waals surface area contributed by atoms with Crippen LogP contribution in [-0.2, 0) is 4.74 Å². The number of ether oxygens (including phenoxy) is 1. The van der Waals surface area contributed by atoms with Crippen LogP contribution in [0.15, 0.2) is 42.7 Å². The van der Waals surface area contributed by atoms with Gasteiger partial charge in [-0.05, 0) is 24.3 Å². The van der Waals surface area contributed by atoms with E-state index in [1.807, 2.05) is 36.5 Å². The Morgan fingerprint density at radius 1 is 1.28 bits per heavy atom. The van der Waals surface area contributed by atoms with Crippen LogP contribution >= 0.6 is 11.6 Å². The van der Waals surface area contributed by atoms with Gasteiger partial charge in [0.05, 0.1) is 24.3 Å². The molecule has 25 heavy (non-hydrogen) atoms. The molecule has 2 aromatic heterocycles. The Balaban J connectivity index is 1.68. The van der Waals surface area contributed by atoms with Crippen LogP contribution in [0.1, 0.15) is 10.4 Å². The fraction of sp³-hybridized carbons (Fsp3) is 0.222. The molecule has 0 radical (unpaired) electrons. The lowest BCUT2D eigenvalue weighted by molar-refractivity contribution is 0.0304. The maximum atomic E-state index is 12.8. The number of aromatic amines is 1. The van der Waals surface area contributed by atoms with E-state index in [0.29, 0.717) is 42.7 Å². The molecule has 1 amide bonds. The average Bonchev–Trinajstić information content (AvgIpc) is 3.12. The van der Waals surface area contributed by atoms with Crippen LogP contribution in [-0.4, -0.2) is 47.1 Å². The number of nitrogens with zero attached hydrogens (tertiary/aromatic N) is 2. The van der Waals surface area contributed by atoms with Crippen molar-refractivity contribution in [2.45, 2.75) is 0 Å². The number of nitrogens with one attached hydrogen (secondary N) is 2. The predicted octanol–water partition coefficient (Wildman–Crippen LogP) is 3.43. The van der Waals surface area contributed by atoms with Gasteiger partial charge in [0.15, 0.2) is 5.82 Å². The first-order chi connectivity index (χ1) is 12.2. The molecule has 0 spiro atoms. The third kappa shape index (κ3) is 3.18. The minimum atomic E-state index is -0.0188. The Bertz CT molecular complexity index is 918. The molecule has 1 aromatic carbocycles. The number of fused-ring (bicyclic) bond motifs is 1. The van der Waals surface area contributed by atoms with Crippen LogP contribution in [0.3, 0.4) is 0 Å². The van der Waals surface area contributed by atoms with Gasteiger partial charge in [-0.15, -0.1) is 0 Å². The van der Waals surface area contributed by atoms with E-state index < -0.39 is 0 Å². The number of morpholine rings is 1. The number of halogens is 1. The van der Waals surface area contributed by atoms with Crippen LogP contribution in [0, 0.1) is 0 Å². The van der Waals surface area contributed by atoms with Gasteiger partial charge < -0.3 is 19.9 Å². The summed E-state index contributed by atoms with van der Waals surface area (Å²) in [4.78, 5) is 22.2. The largest absolute Gasteiger partial charge is 0.378 e. The summed E-state index contributed by atoms with van der Waals surface area (Å²) in [6.07, 6.45) is 3.44. The lowest BCUT2D eigenvalue weighted by atomic mass is 10.1. The molecule has 1 aliphatic heterocycles. The molecule has 6 nitrogen and oxygen atoms in total. The summed E-state index contributed by atoms with van der Waals surface area (Å²) in [5, 5.41) is 4.74. The Hall–Kier alpha value is -2.57. The molecule has 3 aromatic rings. The molecule has 0 unspecified atom stereocenters. The molecule has 1 fully saturated rings. The summed E-state index contributed by atoms with van der Waals surface area (Å²) in [5.41, 5.74) is 2.22. The first-order valence-corrected chi connectivity index (χ1v) is 8.46. The summed E-state index contributed by atoms with van der Waals surface area (Å²) in [6.45, 7) is 2.36. The van der Waals surface area contributed by atoms with Gasteiger partial charge in [-0.1, -0.05) is 17.7 Å². The van der Waals surface area contributed by atoms with Crippen molar-refractivity contribution in [1.82, 2.24) is 14.9 Å². The Kier molecular flexibility index (Phi) is 4.29. The quantitative estimate of drug-likeness (QED) is 0.754. The van der Waals surface area contributed by atoms with Crippen molar-refractivity contribution >= 4 is 39.9 Å². The van der Waals surface area contributed by atoms with Gasteiger partial charge in [-0.2, -0.15) is 0 Å². The fourth-order valence-electron chi connectivity index (χ4n) is 2.96. The van der Waals surface area contributed by atoms with Crippen LogP contribution < -0.4 is 5.32 Å². The summed E-state index contributed by atoms with van der Waals surface area (Å²) in [6, 6.07) is 9.31. The fourth-order valence-corrected chi connectivity index (χ4v) is 3.15. The highest BCUT2D eigenvalue weighted by molar-refractivity contribution is 6.30. The summed E-state index contributed by atoms with van der Waals surface area (Å²) >= 11 is 6.03. The van der Waals surface area contributed by atoms with Crippen molar-refractivity contribution in [2.24, 2.45) is 0 Å². The summed E-state index contributed by atoms with van der Waals surface area (Å²) < 4.78 is 5.32. The molecular formula is C18H17ClN4O2. The molecule has 3 heterocycles. The van der Waals surface area contributed by atoms with Crippen molar-refractivity contribution in [2.75, 3.05) is 31.6 Å². The highest BCUT2D eigenvalue weighted by atomic mass is 35.5. The Morgan fingerprint density at radius 2 is 2.12 bits per heavy atom. The second kappa shape index (κ2) is 6.74. The van der Waals surface area contributed by atoms with Crippen LogP contribution in [0.2, 0.25) is 5.02 Å². The van der Waals surface area contributed by atoms with Crippen LogP contribution in [0.4, 0.5) is 11.5 Å². The maximum absolute atomic E-state index is 12.8. The number of anilines is 2. The van der Waals surface area contributed by atoms with E-state index in [4.69, 9.17) is 16.3 Å². The summed E-state index contributed by atoms with van der Waals surface area (Å²) in [5.74, 6) is 0.635. The van der Waals surface area contributed by atoms with E-state index in [2.05, 4.69) is 15.3 Å². The highest BCUT2D eigenvalue weighted by Crippen LogP contribution is 2.27. The first-order valence-electron chi connectivity index (χ1n) is 8.08. The van der Waals surface area contributed by atoms with E-state index in [9.17, 15) is 4.79 Å². The molecule has 1 saturated heterocycles. The smallest absolute Gasteiger partial charge is 0.256 e. The van der Waals surface area contributed by atoms with Gasteiger partial charge in [0.2, 0.25) is 0 Å². The SMILES string of the molecule is O=C(c1cnc(Nc2cccc(Cl)c2)c2[nH]ccc12)N1CCOCC1. The lowest BCUT2D eigenvalue weighted by Crippen LogP contribution is -2.40. The number of aromatic nitrogens is 2. The third-order valence-electron chi connectivity index (χ3n) is 4.21. The summed E-state index contributed by atoms with van der Waals surface area (Å²) in [7, 11) is 0. The number of carbonyl (C=O) groups is 1. The zero-order valence-corrected chi connectivity index (χ0v) is 14.2. The number of hydrogen-bond acceptors (Lipinski definition) is 4. The number of amides is 1. The monoisotopic (exact) mass is 356 g/mol. The zero-order valence-electron chi connectivity index (χ0n) is 13.5. The number of benzene rings is 1. The van der Waals surface area contributed by atoms with Gasteiger partial charge in [-0.3, -0.25) is 4.79 Å². The first kappa shape index (κ1) is 15.9. The van der Waals surface area contributed by atoms with E-state index in [0.717, 1.165) is 16.6 Å². The van der Waals surface area contributed by atoms with E-state index in [1.165, 1.54) is 0 Å². The van der Waals surface area contributed by atoms with E-state index in [1.54, 1.807) is 11.1 Å². The van der Waals surface area contributed by atoms with Crippen LogP contribution in [0.25, 0.3) is 10.9 Å². The van der Waals surface area contributed by atoms with Crippen molar-refractivity contribution in [3.63, 3.8) is 0 Å². The van der Waals surface area contributed by atoms with Crippen LogP contribution in [0.5, 0.6) is 0 Å². The Morgan fingerprint density at radius 3 is 2.92 bits per heavy atom. The molecule has 0 atom stereocenters. The van der Waals surface area contributed by atoms with Crippen molar-refractivity contribution in [3.8, 4) is 0 Å². The van der Waals surface area contributed by atoms with Crippen molar-refractivity contribution < 1.29 is 9.53 Å². The average molecular weight is 357 g/mol. The standard InChI is InChI=1S/C18H17ClN4O2/c19-12-2-1-3-13(10-12)22-17-16-14(4-5-20-16)15(11-21-17)18(24)23-6-8-25-9-7-23/h1-5,10-11,20H,6-9H2,(H,21,22). The minimum absolute atomic E-state index is 0.0188. The van der Waals surface area contributed by atoms with Gasteiger partial charge in [0.1, 0.15) is 0 Å². The van der Waals surface area contributed by atoms with Crippen molar-refractivity contribution in [3.05, 3.63) is 53.3 Å². The predicted molar refractivity (Wildman–Crippen MR) is 97.6 cm³/mol. The molecule has 4 rings (SSSR count). The molecule has 0 bridgehead atoms. The normalized spacial score (nSPS) is 14.7. The van der Waals surface area contributed by atoms with Gasteiger partial charge in [0, 0.05) is 41.6 Å². The molecule has 0 saturated carbocycles. The highest BCUT2D eigenvalue weighted by Gasteiger charge is 2.22. The third-order valence-corrected chi connectivity index (χ3v) is 4.45. The molecule has 7 heteroatoms. The van der Waals surface area contributed by atoms with Crippen molar-refractivity contribution in [1.29, 1.82) is 0 Å². The minimum Gasteiger partial charge on any atom is -0.378 e. The van der Waals surface area contributed by atoms with Gasteiger partial charge in [-0.25, -0.2) is 4.98 Å². The number of hydrogen-bond donors (Lipinski definition) is 2. The Labute approximate surface area is 149 Å². The van der Waals surface area contributed by atoms with E-state index in [-0.39, 0.29) is 5.91 Å². The zero-order chi connectivity index (χ0) is 17.2. The topological polar surface area (TPSA) is 70.2 Å². The molecular weight excluding hydrogens is 340 g/mol. The van der Waals surface area contributed by atoms with Gasteiger partial charge >= 0.3 is 0 Å². The second-order valence-corrected chi connectivity index (χ2v) is 6.26. The maximum Gasteiger partial charge on any atom is 0.256 e. The molecule has 2 N–H and O–H groups in total.